The van der Waals surface area contributed by atoms with Gasteiger partial charge in [0, 0.05) is 24.7 Å². The summed E-state index contributed by atoms with van der Waals surface area (Å²) in [6.45, 7) is 6.83. The van der Waals surface area contributed by atoms with Crippen molar-refractivity contribution in [3.05, 3.63) is 93.3 Å². The Hall–Kier alpha value is -4.91. The summed E-state index contributed by atoms with van der Waals surface area (Å²) < 4.78 is 34.0. The summed E-state index contributed by atoms with van der Waals surface area (Å²) in [5.41, 5.74) is 4.55. The smallest absolute Gasteiger partial charge is 0.404 e. The zero-order chi connectivity index (χ0) is 33.3. The molecule has 4 N–H and O–H groups in total. The number of amides is 1. The molecule has 242 valence electrons. The predicted octanol–water partition coefficient (Wildman–Crippen LogP) is 4.69. The summed E-state index contributed by atoms with van der Waals surface area (Å²) in [5, 5.41) is 22.2. The van der Waals surface area contributed by atoms with E-state index >= 15 is 0 Å². The van der Waals surface area contributed by atoms with Crippen molar-refractivity contribution in [1.82, 2.24) is 0 Å². The minimum Gasteiger partial charge on any atom is -0.507 e. The van der Waals surface area contributed by atoms with Gasteiger partial charge in [-0.2, -0.15) is 0 Å². The van der Waals surface area contributed by atoms with Gasteiger partial charge in [-0.3, -0.25) is 4.79 Å². The second-order valence-corrected chi connectivity index (χ2v) is 11.5. The van der Waals surface area contributed by atoms with Crippen molar-refractivity contribution in [2.75, 3.05) is 7.11 Å². The number of Topliss-reactive ketones (excluding diaryl/α,β-unsaturated/α-hetero) is 1. The van der Waals surface area contributed by atoms with E-state index in [0.717, 1.165) is 5.56 Å². The Balaban J connectivity index is 1.39. The maximum atomic E-state index is 13.2. The van der Waals surface area contributed by atoms with Crippen molar-refractivity contribution in [3.63, 3.8) is 0 Å². The third-order valence-electron chi connectivity index (χ3n) is 7.92. The van der Waals surface area contributed by atoms with Crippen molar-refractivity contribution in [3.8, 4) is 23.0 Å². The molecule has 0 unspecified atom stereocenters. The maximum Gasteiger partial charge on any atom is 0.404 e. The minimum atomic E-state index is -1.50. The Bertz CT molecular complexity index is 1850. The number of carbonyl (C=O) groups is 2. The van der Waals surface area contributed by atoms with Gasteiger partial charge in [0.15, 0.2) is 18.0 Å². The van der Waals surface area contributed by atoms with Gasteiger partial charge >= 0.3 is 11.7 Å². The quantitative estimate of drug-likeness (QED) is 0.172. The van der Waals surface area contributed by atoms with Gasteiger partial charge in [0.2, 0.25) is 6.29 Å². The lowest BCUT2D eigenvalue weighted by Crippen LogP contribution is -2.65. The number of aromatic hydroxyl groups is 1. The second-order valence-electron chi connectivity index (χ2n) is 11.5. The molecule has 3 aromatic carbocycles. The van der Waals surface area contributed by atoms with Crippen LogP contribution in [0.5, 0.6) is 23.0 Å². The zero-order valence-corrected chi connectivity index (χ0v) is 25.9. The fraction of sp³-hybridized carbons (Fsp3) is 0.324. The number of hydrogen-bond acceptors (Lipinski definition) is 11. The van der Waals surface area contributed by atoms with Crippen LogP contribution in [0, 0.1) is 13.8 Å². The average Bonchev–Trinajstić information content (AvgIpc) is 3.00. The molecule has 1 fully saturated rings. The molecule has 1 aromatic heterocycles. The van der Waals surface area contributed by atoms with Crippen molar-refractivity contribution >= 4 is 22.8 Å². The van der Waals surface area contributed by atoms with E-state index in [-0.39, 0.29) is 27.8 Å². The monoisotopic (exact) mass is 633 g/mol. The largest absolute Gasteiger partial charge is 0.507 e. The molecule has 0 radical (unpaired) electrons. The Labute approximate surface area is 264 Å². The number of aliphatic hydroxyl groups excluding tert-OH is 1. The Morgan fingerprint density at radius 3 is 2.46 bits per heavy atom. The van der Waals surface area contributed by atoms with Crippen LogP contribution >= 0.6 is 0 Å². The van der Waals surface area contributed by atoms with E-state index in [4.69, 9.17) is 33.8 Å². The van der Waals surface area contributed by atoms with Crippen molar-refractivity contribution in [1.29, 1.82) is 0 Å². The molecular weight excluding hydrogens is 598 g/mol. The highest BCUT2D eigenvalue weighted by Gasteiger charge is 2.53. The summed E-state index contributed by atoms with van der Waals surface area (Å²) in [6.07, 6.45) is -6.46. The Morgan fingerprint density at radius 2 is 1.76 bits per heavy atom. The van der Waals surface area contributed by atoms with Crippen LogP contribution in [0.1, 0.15) is 40.9 Å². The molecule has 1 saturated heterocycles. The standard InChI is InChI=1S/C34H35NO11/c1-17-9-6-7-12-24(17)42-20-11-8-10-19(15-20)23(36)16-22-26(37)21-13-14-25(18(2)28(21)44-31(22)39)43-32-27(38)29(45-33(35)40)30(41-5)34(3,4)46-32/h6-15,27,29-30,32,37-38H,16H2,1-5H3,(H2,35,40)/t27-,29+,30-,32-/m1/s1. The zero-order valence-electron chi connectivity index (χ0n) is 25.9. The molecule has 1 amide bonds. The number of rotatable bonds is 9. The van der Waals surface area contributed by atoms with Crippen molar-refractivity contribution in [2.45, 2.75) is 64.3 Å². The highest BCUT2D eigenvalue weighted by molar-refractivity contribution is 5.99. The maximum absolute atomic E-state index is 13.2. The fourth-order valence-electron chi connectivity index (χ4n) is 5.55. The first-order valence-electron chi connectivity index (χ1n) is 14.5. The molecule has 1 aliphatic heterocycles. The van der Waals surface area contributed by atoms with Crippen LogP contribution in [-0.2, 0) is 20.6 Å². The minimum absolute atomic E-state index is 0.00842. The summed E-state index contributed by atoms with van der Waals surface area (Å²) >= 11 is 0. The van der Waals surface area contributed by atoms with Gasteiger partial charge in [-0.05, 0) is 63.6 Å². The van der Waals surface area contributed by atoms with Gasteiger partial charge in [-0.25, -0.2) is 9.59 Å². The van der Waals surface area contributed by atoms with Crippen molar-refractivity contribution in [2.24, 2.45) is 5.73 Å². The van der Waals surface area contributed by atoms with E-state index in [1.165, 1.54) is 19.2 Å². The molecule has 12 heteroatoms. The molecular formula is C34H35NO11. The number of benzene rings is 3. The van der Waals surface area contributed by atoms with Gasteiger partial charge in [0.25, 0.3) is 0 Å². The number of primary amides is 1. The number of ether oxygens (including phenoxy) is 5. The van der Waals surface area contributed by atoms with Gasteiger partial charge in [0.05, 0.1) is 16.6 Å². The van der Waals surface area contributed by atoms with Crippen LogP contribution in [0.3, 0.4) is 0 Å². The van der Waals surface area contributed by atoms with Gasteiger partial charge in [0.1, 0.15) is 34.7 Å². The van der Waals surface area contributed by atoms with Crippen LogP contribution in [-0.4, -0.2) is 59.4 Å². The van der Waals surface area contributed by atoms with Crippen LogP contribution in [0.25, 0.3) is 11.0 Å². The van der Waals surface area contributed by atoms with Gasteiger partial charge in [-0.1, -0.05) is 30.3 Å². The summed E-state index contributed by atoms with van der Waals surface area (Å²) in [5.74, 6) is 0.401. The molecule has 46 heavy (non-hydrogen) atoms. The van der Waals surface area contributed by atoms with Crippen molar-refractivity contribution < 1.29 is 47.9 Å². The predicted molar refractivity (Wildman–Crippen MR) is 165 cm³/mol. The fourth-order valence-corrected chi connectivity index (χ4v) is 5.55. The lowest BCUT2D eigenvalue weighted by molar-refractivity contribution is -0.304. The van der Waals surface area contributed by atoms with E-state index in [1.807, 2.05) is 31.2 Å². The number of fused-ring (bicyclic) bond motifs is 1. The molecule has 0 bridgehead atoms. The summed E-state index contributed by atoms with van der Waals surface area (Å²) in [6, 6.07) is 17.0. The van der Waals surface area contributed by atoms with Crippen LogP contribution < -0.4 is 20.8 Å². The Morgan fingerprint density at radius 1 is 1.02 bits per heavy atom. The third-order valence-corrected chi connectivity index (χ3v) is 7.92. The molecule has 5 rings (SSSR count). The molecule has 0 saturated carbocycles. The van der Waals surface area contributed by atoms with Gasteiger partial charge in [-0.15, -0.1) is 0 Å². The van der Waals surface area contributed by atoms with E-state index in [9.17, 15) is 24.6 Å². The van der Waals surface area contributed by atoms with Crippen LogP contribution in [0.4, 0.5) is 4.79 Å². The SMILES string of the molecule is CO[C@@H]1[C@@H](OC(N)=O)[C@@H](O)[C@H](Oc2ccc3c(O)c(CC(=O)c4cccc(Oc5ccccc5C)c4)c(=O)oc3c2C)OC1(C)C. The van der Waals surface area contributed by atoms with E-state index in [0.29, 0.717) is 17.1 Å². The van der Waals surface area contributed by atoms with E-state index < -0.39 is 59.9 Å². The normalized spacial score (nSPS) is 20.7. The topological polar surface area (TPSA) is 177 Å². The molecule has 12 nitrogen and oxygen atoms in total. The molecule has 0 spiro atoms. The number of ketones is 1. The number of aryl methyl sites for hydroxylation is 2. The lowest BCUT2D eigenvalue weighted by atomic mass is 9.89. The van der Waals surface area contributed by atoms with E-state index in [1.54, 1.807) is 45.0 Å². The highest BCUT2D eigenvalue weighted by Crippen LogP contribution is 2.38. The first kappa shape index (κ1) is 32.5. The second kappa shape index (κ2) is 12.8. The van der Waals surface area contributed by atoms with Gasteiger partial charge < -0.3 is 44.0 Å². The molecule has 2 heterocycles. The highest BCUT2D eigenvalue weighted by atomic mass is 16.7. The first-order valence-corrected chi connectivity index (χ1v) is 14.5. The number of carbonyl (C=O) groups excluding carboxylic acids is 2. The molecule has 0 aliphatic carbocycles. The number of nitrogens with two attached hydrogens (primary N) is 1. The molecule has 4 aromatic rings. The molecule has 4 atom stereocenters. The average molecular weight is 634 g/mol. The van der Waals surface area contributed by atoms with Crippen LogP contribution in [0.15, 0.2) is 69.9 Å². The number of hydrogen-bond donors (Lipinski definition) is 3. The number of methoxy groups -OCH3 is 1. The summed E-state index contributed by atoms with van der Waals surface area (Å²) in [7, 11) is 1.38. The Kier molecular flexibility index (Phi) is 9.06. The van der Waals surface area contributed by atoms with E-state index in [2.05, 4.69) is 0 Å². The number of para-hydroxylation sites is 1. The molecule has 1 aliphatic rings. The third kappa shape index (κ3) is 6.41. The first-order chi connectivity index (χ1) is 21.8. The van der Waals surface area contributed by atoms with Crippen LogP contribution in [0.2, 0.25) is 0 Å². The lowest BCUT2D eigenvalue weighted by Gasteiger charge is -2.47. The number of aliphatic hydroxyl groups is 1. The summed E-state index contributed by atoms with van der Waals surface area (Å²) in [4.78, 5) is 37.9.